The molecule has 0 saturated carbocycles. The molecule has 1 aliphatic heterocycles. The van der Waals surface area contributed by atoms with Gasteiger partial charge in [0, 0.05) is 13.0 Å². The molecule has 25 heavy (non-hydrogen) atoms. The van der Waals surface area contributed by atoms with Gasteiger partial charge in [-0.05, 0) is 24.3 Å². The fourth-order valence-corrected chi connectivity index (χ4v) is 3.00. The van der Waals surface area contributed by atoms with E-state index in [1.54, 1.807) is 48.5 Å². The molecule has 0 fully saturated rings. The first-order chi connectivity index (χ1) is 12.1. The Morgan fingerprint density at radius 3 is 2.72 bits per heavy atom. The van der Waals surface area contributed by atoms with Crippen LogP contribution in [0.1, 0.15) is 6.42 Å². The van der Waals surface area contributed by atoms with E-state index < -0.39 is 5.76 Å². The van der Waals surface area contributed by atoms with Crippen LogP contribution in [0.15, 0.2) is 57.7 Å². The van der Waals surface area contributed by atoms with E-state index in [9.17, 15) is 14.4 Å². The van der Waals surface area contributed by atoms with Crippen LogP contribution < -0.4 is 16.0 Å². The molecule has 1 aromatic heterocycles. The number of nitrogens with one attached hydrogen (secondary N) is 1. The third kappa shape index (κ3) is 2.69. The highest BCUT2D eigenvalue weighted by Gasteiger charge is 2.25. The van der Waals surface area contributed by atoms with Gasteiger partial charge in [0.25, 0.3) is 0 Å². The maximum absolute atomic E-state index is 12.9. The molecule has 7 heteroatoms. The Morgan fingerprint density at radius 1 is 1.08 bits per heavy atom. The van der Waals surface area contributed by atoms with Crippen molar-refractivity contribution in [1.82, 2.24) is 4.57 Å². The average Bonchev–Trinajstić information content (AvgIpc) is 2.81. The fourth-order valence-electron chi connectivity index (χ4n) is 3.00. The van der Waals surface area contributed by atoms with E-state index in [4.69, 9.17) is 4.42 Å². The van der Waals surface area contributed by atoms with Gasteiger partial charge in [0.1, 0.15) is 6.54 Å². The standard InChI is InChI=1S/C18H15N3O4/c22-16-9-10-20(13-6-2-1-5-12(13)19-16)17(23)11-21-14-7-3-4-8-15(14)25-18(21)24/h1-8H,9-11H2,(H,19,22). The van der Waals surface area contributed by atoms with Crippen molar-refractivity contribution < 1.29 is 14.0 Å². The number of hydrogen-bond acceptors (Lipinski definition) is 4. The van der Waals surface area contributed by atoms with Crippen molar-refractivity contribution in [3.8, 4) is 0 Å². The van der Waals surface area contributed by atoms with Crippen LogP contribution in [0.25, 0.3) is 11.1 Å². The van der Waals surface area contributed by atoms with Crippen molar-refractivity contribution in [1.29, 1.82) is 0 Å². The number of carbonyl (C=O) groups excluding carboxylic acids is 2. The van der Waals surface area contributed by atoms with E-state index in [1.807, 2.05) is 0 Å². The van der Waals surface area contributed by atoms with Crippen LogP contribution in [-0.4, -0.2) is 22.9 Å². The van der Waals surface area contributed by atoms with Gasteiger partial charge in [-0.1, -0.05) is 24.3 Å². The summed E-state index contributed by atoms with van der Waals surface area (Å²) in [4.78, 5) is 38.3. The zero-order valence-corrected chi connectivity index (χ0v) is 13.3. The molecule has 126 valence electrons. The van der Waals surface area contributed by atoms with Crippen LogP contribution in [0.2, 0.25) is 0 Å². The minimum absolute atomic E-state index is 0.145. The second-order valence-electron chi connectivity index (χ2n) is 5.78. The number of rotatable bonds is 2. The number of benzene rings is 2. The highest BCUT2D eigenvalue weighted by Crippen LogP contribution is 2.28. The van der Waals surface area contributed by atoms with Crippen molar-refractivity contribution in [2.24, 2.45) is 0 Å². The van der Waals surface area contributed by atoms with Crippen molar-refractivity contribution in [3.05, 3.63) is 59.1 Å². The molecule has 1 aliphatic rings. The molecule has 0 bridgehead atoms. The summed E-state index contributed by atoms with van der Waals surface area (Å²) >= 11 is 0. The summed E-state index contributed by atoms with van der Waals surface area (Å²) in [5.74, 6) is -1.00. The lowest BCUT2D eigenvalue weighted by atomic mass is 10.2. The van der Waals surface area contributed by atoms with Gasteiger partial charge < -0.3 is 14.6 Å². The van der Waals surface area contributed by atoms with E-state index in [1.165, 1.54) is 9.47 Å². The van der Waals surface area contributed by atoms with Gasteiger partial charge in [-0.15, -0.1) is 0 Å². The normalized spacial score (nSPS) is 14.1. The highest BCUT2D eigenvalue weighted by atomic mass is 16.4. The number of nitrogens with zero attached hydrogens (tertiary/aromatic N) is 2. The largest absolute Gasteiger partial charge is 0.420 e. The predicted octanol–water partition coefficient (Wildman–Crippen LogP) is 1.97. The third-order valence-corrected chi connectivity index (χ3v) is 4.20. The molecule has 1 N–H and O–H groups in total. The maximum atomic E-state index is 12.9. The Kier molecular flexibility index (Phi) is 3.61. The summed E-state index contributed by atoms with van der Waals surface area (Å²) in [6.07, 6.45) is 0.196. The van der Waals surface area contributed by atoms with Gasteiger partial charge >= 0.3 is 5.76 Å². The molecule has 0 radical (unpaired) electrons. The van der Waals surface area contributed by atoms with Gasteiger partial charge in [-0.3, -0.25) is 14.2 Å². The molecule has 2 aromatic carbocycles. The second-order valence-corrected chi connectivity index (χ2v) is 5.78. The first-order valence-electron chi connectivity index (χ1n) is 7.91. The lowest BCUT2D eigenvalue weighted by molar-refractivity contribution is -0.119. The summed E-state index contributed by atoms with van der Waals surface area (Å²) in [5, 5.41) is 2.79. The van der Waals surface area contributed by atoms with Crippen molar-refractivity contribution >= 4 is 34.3 Å². The Labute approximate surface area is 142 Å². The number of aromatic nitrogens is 1. The minimum atomic E-state index is -0.577. The smallest absolute Gasteiger partial charge is 0.408 e. The van der Waals surface area contributed by atoms with Crippen LogP contribution in [0, 0.1) is 0 Å². The zero-order chi connectivity index (χ0) is 17.4. The number of oxazole rings is 1. The Hall–Kier alpha value is -3.35. The topological polar surface area (TPSA) is 84.6 Å². The molecular formula is C18H15N3O4. The first-order valence-corrected chi connectivity index (χ1v) is 7.91. The number of anilines is 2. The van der Waals surface area contributed by atoms with Gasteiger partial charge in [0.05, 0.1) is 16.9 Å². The predicted molar refractivity (Wildman–Crippen MR) is 92.5 cm³/mol. The molecule has 2 amide bonds. The van der Waals surface area contributed by atoms with Crippen molar-refractivity contribution in [2.45, 2.75) is 13.0 Å². The zero-order valence-electron chi connectivity index (χ0n) is 13.3. The summed E-state index contributed by atoms with van der Waals surface area (Å²) < 4.78 is 6.47. The van der Waals surface area contributed by atoms with Crippen molar-refractivity contribution in [2.75, 3.05) is 16.8 Å². The average molecular weight is 337 g/mol. The maximum Gasteiger partial charge on any atom is 0.420 e. The lowest BCUT2D eigenvalue weighted by Gasteiger charge is -2.22. The highest BCUT2D eigenvalue weighted by molar-refractivity contribution is 6.03. The molecular weight excluding hydrogens is 322 g/mol. The lowest BCUT2D eigenvalue weighted by Crippen LogP contribution is -2.36. The van der Waals surface area contributed by atoms with Crippen LogP contribution >= 0.6 is 0 Å². The minimum Gasteiger partial charge on any atom is -0.408 e. The van der Waals surface area contributed by atoms with Crippen LogP contribution in [0.3, 0.4) is 0 Å². The summed E-state index contributed by atoms with van der Waals surface area (Å²) in [5.41, 5.74) is 2.22. The molecule has 0 aliphatic carbocycles. The third-order valence-electron chi connectivity index (χ3n) is 4.20. The van der Waals surface area contributed by atoms with E-state index in [-0.39, 0.29) is 31.3 Å². The summed E-state index contributed by atoms with van der Waals surface area (Å²) in [6, 6.07) is 14.1. The van der Waals surface area contributed by atoms with Gasteiger partial charge in [-0.2, -0.15) is 0 Å². The van der Waals surface area contributed by atoms with Gasteiger partial charge in [0.2, 0.25) is 11.8 Å². The molecule has 0 unspecified atom stereocenters. The van der Waals surface area contributed by atoms with Gasteiger partial charge in [0.15, 0.2) is 5.58 Å². The number of hydrogen-bond donors (Lipinski definition) is 1. The van der Waals surface area contributed by atoms with Gasteiger partial charge in [-0.25, -0.2) is 4.79 Å². The Bertz CT molecular complexity index is 1030. The van der Waals surface area contributed by atoms with Crippen LogP contribution in [-0.2, 0) is 16.1 Å². The fraction of sp³-hybridized carbons (Fsp3) is 0.167. The Balaban J connectivity index is 1.70. The molecule has 0 spiro atoms. The molecule has 0 atom stereocenters. The quantitative estimate of drug-likeness (QED) is 0.775. The SMILES string of the molecule is O=C1CCN(C(=O)Cn2c(=O)oc3ccccc32)c2ccccc2N1. The van der Waals surface area contributed by atoms with Crippen LogP contribution in [0.5, 0.6) is 0 Å². The van der Waals surface area contributed by atoms with Crippen molar-refractivity contribution in [3.63, 3.8) is 0 Å². The molecule has 0 saturated heterocycles. The summed E-state index contributed by atoms with van der Waals surface area (Å²) in [6.45, 7) is 0.102. The first kappa shape index (κ1) is 15.2. The van der Waals surface area contributed by atoms with E-state index in [2.05, 4.69) is 5.32 Å². The van der Waals surface area contributed by atoms with E-state index in [0.29, 0.717) is 22.5 Å². The Morgan fingerprint density at radius 2 is 1.84 bits per heavy atom. The number of amides is 2. The molecule has 3 aromatic rings. The monoisotopic (exact) mass is 337 g/mol. The molecule has 4 rings (SSSR count). The number of fused-ring (bicyclic) bond motifs is 2. The molecule has 7 nitrogen and oxygen atoms in total. The number of carbonyl (C=O) groups is 2. The van der Waals surface area contributed by atoms with E-state index >= 15 is 0 Å². The summed E-state index contributed by atoms with van der Waals surface area (Å²) in [7, 11) is 0. The second kappa shape index (κ2) is 5.94. The van der Waals surface area contributed by atoms with Crippen LogP contribution in [0.4, 0.5) is 11.4 Å². The molecule has 2 heterocycles. The number of para-hydroxylation sites is 4. The van der Waals surface area contributed by atoms with E-state index in [0.717, 1.165) is 0 Å².